The van der Waals surface area contributed by atoms with Crippen LogP contribution in [0.5, 0.6) is 0 Å². The van der Waals surface area contributed by atoms with E-state index in [0.29, 0.717) is 13.0 Å². The van der Waals surface area contributed by atoms with E-state index >= 15 is 0 Å². The molecule has 2 rings (SSSR count). The Morgan fingerprint density at radius 3 is 2.50 bits per heavy atom. The van der Waals surface area contributed by atoms with Gasteiger partial charge in [-0.15, -0.1) is 0 Å². The quantitative estimate of drug-likeness (QED) is 0.639. The van der Waals surface area contributed by atoms with Crippen LogP contribution in [-0.2, 0) is 4.79 Å². The minimum absolute atomic E-state index is 0.0214. The van der Waals surface area contributed by atoms with Crippen molar-refractivity contribution in [3.63, 3.8) is 0 Å². The summed E-state index contributed by atoms with van der Waals surface area (Å²) in [6.07, 6.45) is 2.45. The molecule has 0 aromatic carbocycles. The molecule has 0 bridgehead atoms. The molecule has 1 N–H and O–H groups in total. The SMILES string of the molecule is CN1CC(C(=O)N2CCCC2)CC1O. The summed E-state index contributed by atoms with van der Waals surface area (Å²) >= 11 is 0. The molecular formula is C10H18N2O2. The maximum atomic E-state index is 11.9. The molecule has 4 nitrogen and oxygen atoms in total. The monoisotopic (exact) mass is 198 g/mol. The second-order valence-electron chi connectivity index (χ2n) is 4.39. The van der Waals surface area contributed by atoms with Crippen molar-refractivity contribution in [2.45, 2.75) is 25.5 Å². The number of amides is 1. The standard InChI is InChI=1S/C10H18N2O2/c1-11-7-8(6-9(11)13)10(14)12-4-2-3-5-12/h8-9,13H,2-7H2,1H3. The lowest BCUT2D eigenvalue weighted by Crippen LogP contribution is -2.34. The first kappa shape index (κ1) is 9.93. The third-order valence-electron chi connectivity index (χ3n) is 3.28. The fourth-order valence-corrected chi connectivity index (χ4v) is 2.35. The molecule has 2 aliphatic heterocycles. The van der Waals surface area contributed by atoms with Gasteiger partial charge in [-0.25, -0.2) is 0 Å². The van der Waals surface area contributed by atoms with Gasteiger partial charge in [0.05, 0.1) is 5.92 Å². The van der Waals surface area contributed by atoms with Crippen molar-refractivity contribution in [3.05, 3.63) is 0 Å². The Morgan fingerprint density at radius 1 is 1.36 bits per heavy atom. The van der Waals surface area contributed by atoms with Gasteiger partial charge in [-0.1, -0.05) is 0 Å². The Bertz CT molecular complexity index is 216. The number of hydrogen-bond acceptors (Lipinski definition) is 3. The first-order valence-electron chi connectivity index (χ1n) is 5.35. The zero-order valence-corrected chi connectivity index (χ0v) is 8.65. The molecule has 0 spiro atoms. The van der Waals surface area contributed by atoms with Crippen LogP contribution in [0, 0.1) is 5.92 Å². The lowest BCUT2D eigenvalue weighted by Gasteiger charge is -2.19. The van der Waals surface area contributed by atoms with Gasteiger partial charge in [0, 0.05) is 19.6 Å². The van der Waals surface area contributed by atoms with Crippen molar-refractivity contribution in [1.29, 1.82) is 0 Å². The molecule has 80 valence electrons. The minimum Gasteiger partial charge on any atom is -0.378 e. The predicted octanol–water partition coefficient (Wildman–Crippen LogP) is -0.121. The summed E-state index contributed by atoms with van der Waals surface area (Å²) < 4.78 is 0. The van der Waals surface area contributed by atoms with E-state index in [9.17, 15) is 9.90 Å². The van der Waals surface area contributed by atoms with E-state index in [0.717, 1.165) is 25.9 Å². The summed E-state index contributed by atoms with van der Waals surface area (Å²) in [7, 11) is 1.86. The summed E-state index contributed by atoms with van der Waals surface area (Å²) in [6, 6.07) is 0. The van der Waals surface area contributed by atoms with Crippen LogP contribution in [0.2, 0.25) is 0 Å². The van der Waals surface area contributed by atoms with Gasteiger partial charge >= 0.3 is 0 Å². The molecule has 2 saturated heterocycles. The molecule has 0 saturated carbocycles. The van der Waals surface area contributed by atoms with Crippen molar-refractivity contribution in [2.24, 2.45) is 5.92 Å². The van der Waals surface area contributed by atoms with Crippen LogP contribution in [0.15, 0.2) is 0 Å². The Balaban J connectivity index is 1.92. The third-order valence-corrected chi connectivity index (χ3v) is 3.28. The van der Waals surface area contributed by atoms with Crippen LogP contribution in [0.1, 0.15) is 19.3 Å². The second-order valence-corrected chi connectivity index (χ2v) is 4.39. The molecule has 0 aromatic heterocycles. The van der Waals surface area contributed by atoms with E-state index in [1.54, 1.807) is 0 Å². The normalized spacial score (nSPS) is 34.0. The van der Waals surface area contributed by atoms with E-state index in [4.69, 9.17) is 0 Å². The van der Waals surface area contributed by atoms with Crippen LogP contribution >= 0.6 is 0 Å². The van der Waals surface area contributed by atoms with Gasteiger partial charge in [-0.05, 0) is 26.3 Å². The molecule has 0 radical (unpaired) electrons. The summed E-state index contributed by atoms with van der Waals surface area (Å²) in [6.45, 7) is 2.53. The van der Waals surface area contributed by atoms with Gasteiger partial charge in [0.1, 0.15) is 6.23 Å². The Hall–Kier alpha value is -0.610. The number of carbonyl (C=O) groups excluding carboxylic acids is 1. The number of rotatable bonds is 1. The zero-order chi connectivity index (χ0) is 10.1. The minimum atomic E-state index is -0.424. The highest BCUT2D eigenvalue weighted by Gasteiger charge is 2.35. The smallest absolute Gasteiger partial charge is 0.227 e. The van der Waals surface area contributed by atoms with Gasteiger partial charge < -0.3 is 10.0 Å². The van der Waals surface area contributed by atoms with Crippen LogP contribution in [0.4, 0.5) is 0 Å². The van der Waals surface area contributed by atoms with Gasteiger partial charge in [0.25, 0.3) is 0 Å². The Labute approximate surface area is 84.5 Å². The maximum absolute atomic E-state index is 11.9. The van der Waals surface area contributed by atoms with Crippen LogP contribution in [0.25, 0.3) is 0 Å². The summed E-state index contributed by atoms with van der Waals surface area (Å²) in [4.78, 5) is 15.7. The molecule has 2 aliphatic rings. The first-order chi connectivity index (χ1) is 6.68. The van der Waals surface area contributed by atoms with E-state index in [1.165, 1.54) is 0 Å². The van der Waals surface area contributed by atoms with Crippen LogP contribution < -0.4 is 0 Å². The van der Waals surface area contributed by atoms with Crippen LogP contribution in [0.3, 0.4) is 0 Å². The van der Waals surface area contributed by atoms with Gasteiger partial charge in [-0.2, -0.15) is 0 Å². The van der Waals surface area contributed by atoms with E-state index < -0.39 is 6.23 Å². The molecular weight excluding hydrogens is 180 g/mol. The van der Waals surface area contributed by atoms with Crippen molar-refractivity contribution in [3.8, 4) is 0 Å². The highest BCUT2D eigenvalue weighted by molar-refractivity contribution is 5.79. The Morgan fingerprint density at radius 2 is 2.00 bits per heavy atom. The van der Waals surface area contributed by atoms with Crippen molar-refractivity contribution in [1.82, 2.24) is 9.80 Å². The predicted molar refractivity (Wildman–Crippen MR) is 52.6 cm³/mol. The molecule has 1 amide bonds. The molecule has 14 heavy (non-hydrogen) atoms. The van der Waals surface area contributed by atoms with E-state index in [2.05, 4.69) is 0 Å². The largest absolute Gasteiger partial charge is 0.378 e. The highest BCUT2D eigenvalue weighted by Crippen LogP contribution is 2.23. The highest BCUT2D eigenvalue weighted by atomic mass is 16.3. The molecule has 2 unspecified atom stereocenters. The van der Waals surface area contributed by atoms with E-state index in [-0.39, 0.29) is 11.8 Å². The number of aliphatic hydroxyl groups excluding tert-OH is 1. The molecule has 2 fully saturated rings. The number of carbonyl (C=O) groups is 1. The molecule has 2 heterocycles. The Kier molecular flexibility index (Phi) is 2.74. The van der Waals surface area contributed by atoms with Gasteiger partial charge in [0.2, 0.25) is 5.91 Å². The van der Waals surface area contributed by atoms with E-state index in [1.807, 2.05) is 16.8 Å². The number of aliphatic hydroxyl groups is 1. The number of likely N-dealkylation sites (tertiary alicyclic amines) is 2. The van der Waals surface area contributed by atoms with Crippen molar-refractivity contribution >= 4 is 5.91 Å². The summed E-state index contributed by atoms with van der Waals surface area (Å²) in [5.41, 5.74) is 0. The van der Waals surface area contributed by atoms with Gasteiger partial charge in [0.15, 0.2) is 0 Å². The average molecular weight is 198 g/mol. The summed E-state index contributed by atoms with van der Waals surface area (Å²) in [5, 5.41) is 9.51. The molecule has 0 aromatic rings. The van der Waals surface area contributed by atoms with Gasteiger partial charge in [-0.3, -0.25) is 9.69 Å². The zero-order valence-electron chi connectivity index (χ0n) is 8.65. The lowest BCUT2D eigenvalue weighted by atomic mass is 10.1. The summed E-state index contributed by atoms with van der Waals surface area (Å²) in [5.74, 6) is 0.263. The molecule has 2 atom stereocenters. The van der Waals surface area contributed by atoms with Crippen molar-refractivity contribution < 1.29 is 9.90 Å². The topological polar surface area (TPSA) is 43.8 Å². The lowest BCUT2D eigenvalue weighted by molar-refractivity contribution is -0.134. The fraction of sp³-hybridized carbons (Fsp3) is 0.900. The number of hydrogen-bond donors (Lipinski definition) is 1. The molecule has 4 heteroatoms. The fourth-order valence-electron chi connectivity index (χ4n) is 2.35. The third kappa shape index (κ3) is 1.77. The first-order valence-corrected chi connectivity index (χ1v) is 5.35. The average Bonchev–Trinajstić information content (AvgIpc) is 2.76. The maximum Gasteiger partial charge on any atom is 0.227 e. The van der Waals surface area contributed by atoms with Crippen molar-refractivity contribution in [2.75, 3.05) is 26.7 Å². The second kappa shape index (κ2) is 3.87. The van der Waals surface area contributed by atoms with Crippen LogP contribution in [-0.4, -0.2) is 53.7 Å². The number of nitrogens with zero attached hydrogens (tertiary/aromatic N) is 2. The molecule has 0 aliphatic carbocycles.